The molecule has 6 heteroatoms. The molecule has 1 aliphatic rings. The molecular formula is C15H33Cl2N3O. The highest BCUT2D eigenvalue weighted by atomic mass is 35.5. The van der Waals surface area contributed by atoms with Gasteiger partial charge in [-0.05, 0) is 57.8 Å². The fourth-order valence-corrected chi connectivity index (χ4v) is 2.07. The van der Waals surface area contributed by atoms with Crippen LogP contribution in [0.3, 0.4) is 0 Å². The quantitative estimate of drug-likeness (QED) is 0.712. The average Bonchev–Trinajstić information content (AvgIpc) is 3.06. The van der Waals surface area contributed by atoms with E-state index >= 15 is 0 Å². The lowest BCUT2D eigenvalue weighted by Gasteiger charge is -2.32. The molecule has 0 aromatic carbocycles. The van der Waals surface area contributed by atoms with Crippen LogP contribution in [-0.4, -0.2) is 50.6 Å². The van der Waals surface area contributed by atoms with Crippen molar-refractivity contribution in [1.82, 2.24) is 15.5 Å². The Bertz CT molecular complexity index is 289. The number of hydrogen-bond donors (Lipinski definition) is 2. The van der Waals surface area contributed by atoms with Crippen LogP contribution in [-0.2, 0) is 4.79 Å². The molecule has 0 aliphatic heterocycles. The predicted octanol–water partition coefficient (Wildman–Crippen LogP) is 2.31. The molecule has 1 unspecified atom stereocenters. The first-order valence-corrected chi connectivity index (χ1v) is 7.44. The summed E-state index contributed by atoms with van der Waals surface area (Å²) in [5.41, 5.74) is 0.0994. The standard InChI is InChI=1S/C15H31N3O.2ClH/c1-15(2,3)13(8-9-18(4)5)17-14(19)11-16-10-12-6-7-12;;/h12-13,16H,6-11H2,1-5H3,(H,17,19);2*1H. The zero-order valence-corrected chi connectivity index (χ0v) is 15.7. The second kappa shape index (κ2) is 10.7. The highest BCUT2D eigenvalue weighted by Crippen LogP contribution is 2.27. The lowest BCUT2D eigenvalue weighted by molar-refractivity contribution is -0.121. The van der Waals surface area contributed by atoms with E-state index in [4.69, 9.17) is 0 Å². The van der Waals surface area contributed by atoms with Crippen LogP contribution < -0.4 is 10.6 Å². The van der Waals surface area contributed by atoms with Crippen LogP contribution in [0.1, 0.15) is 40.0 Å². The summed E-state index contributed by atoms with van der Waals surface area (Å²) in [6.45, 7) is 9.00. The smallest absolute Gasteiger partial charge is 0.234 e. The average molecular weight is 342 g/mol. The van der Waals surface area contributed by atoms with E-state index in [-0.39, 0.29) is 42.2 Å². The maximum atomic E-state index is 12.0. The van der Waals surface area contributed by atoms with Crippen LogP contribution in [0.4, 0.5) is 0 Å². The number of hydrogen-bond acceptors (Lipinski definition) is 3. The lowest BCUT2D eigenvalue weighted by atomic mass is 9.84. The third-order valence-corrected chi connectivity index (χ3v) is 3.66. The molecule has 0 spiro atoms. The van der Waals surface area contributed by atoms with Crippen molar-refractivity contribution in [3.05, 3.63) is 0 Å². The van der Waals surface area contributed by atoms with Gasteiger partial charge < -0.3 is 15.5 Å². The predicted molar refractivity (Wildman–Crippen MR) is 94.6 cm³/mol. The monoisotopic (exact) mass is 341 g/mol. The van der Waals surface area contributed by atoms with Gasteiger partial charge in [-0.1, -0.05) is 20.8 Å². The molecule has 0 bridgehead atoms. The second-order valence-corrected chi connectivity index (χ2v) is 7.15. The van der Waals surface area contributed by atoms with E-state index in [9.17, 15) is 4.79 Å². The molecule has 0 aromatic heterocycles. The molecule has 0 heterocycles. The number of halogens is 2. The van der Waals surface area contributed by atoms with E-state index in [1.807, 2.05) is 0 Å². The van der Waals surface area contributed by atoms with Crippen molar-refractivity contribution < 1.29 is 4.79 Å². The Kier molecular flexibility index (Phi) is 11.8. The van der Waals surface area contributed by atoms with E-state index in [0.29, 0.717) is 6.54 Å². The molecule has 2 N–H and O–H groups in total. The van der Waals surface area contributed by atoms with Crippen LogP contribution in [0.25, 0.3) is 0 Å². The van der Waals surface area contributed by atoms with E-state index in [1.165, 1.54) is 12.8 Å². The molecule has 21 heavy (non-hydrogen) atoms. The minimum Gasteiger partial charge on any atom is -0.352 e. The first-order chi connectivity index (χ1) is 8.79. The molecule has 0 aromatic rings. The number of nitrogens with zero attached hydrogens (tertiary/aromatic N) is 1. The molecule has 1 atom stereocenters. The van der Waals surface area contributed by atoms with Gasteiger partial charge in [0, 0.05) is 6.04 Å². The number of nitrogens with one attached hydrogen (secondary N) is 2. The van der Waals surface area contributed by atoms with Gasteiger partial charge >= 0.3 is 0 Å². The first kappa shape index (κ1) is 23.2. The Morgan fingerprint density at radius 2 is 1.81 bits per heavy atom. The number of carbonyl (C=O) groups excluding carboxylic acids is 1. The number of amides is 1. The highest BCUT2D eigenvalue weighted by Gasteiger charge is 2.26. The van der Waals surface area contributed by atoms with Gasteiger partial charge in [-0.3, -0.25) is 4.79 Å². The summed E-state index contributed by atoms with van der Waals surface area (Å²) in [7, 11) is 4.14. The molecule has 1 rings (SSSR count). The van der Waals surface area contributed by atoms with Crippen LogP contribution in [0.2, 0.25) is 0 Å². The molecule has 1 fully saturated rings. The molecule has 1 amide bonds. The third-order valence-electron chi connectivity index (χ3n) is 3.66. The van der Waals surface area contributed by atoms with Gasteiger partial charge in [0.25, 0.3) is 0 Å². The van der Waals surface area contributed by atoms with Crippen molar-refractivity contribution in [1.29, 1.82) is 0 Å². The molecule has 4 nitrogen and oxygen atoms in total. The summed E-state index contributed by atoms with van der Waals surface area (Å²) in [4.78, 5) is 14.1. The van der Waals surface area contributed by atoms with Gasteiger partial charge in [0.15, 0.2) is 0 Å². The summed E-state index contributed by atoms with van der Waals surface area (Å²) in [6.07, 6.45) is 3.63. The maximum absolute atomic E-state index is 12.0. The van der Waals surface area contributed by atoms with Gasteiger partial charge in [-0.2, -0.15) is 0 Å². The van der Waals surface area contributed by atoms with E-state index in [0.717, 1.165) is 25.4 Å². The largest absolute Gasteiger partial charge is 0.352 e. The molecule has 0 radical (unpaired) electrons. The van der Waals surface area contributed by atoms with Gasteiger partial charge in [-0.15, -0.1) is 24.8 Å². The minimum atomic E-state index is 0. The van der Waals surface area contributed by atoms with Crippen molar-refractivity contribution in [3.8, 4) is 0 Å². The molecule has 0 saturated heterocycles. The molecule has 1 saturated carbocycles. The number of rotatable bonds is 8. The minimum absolute atomic E-state index is 0. The lowest BCUT2D eigenvalue weighted by Crippen LogP contribution is -2.48. The fraction of sp³-hybridized carbons (Fsp3) is 0.933. The van der Waals surface area contributed by atoms with Crippen LogP contribution in [0.5, 0.6) is 0 Å². The van der Waals surface area contributed by atoms with Gasteiger partial charge in [0.2, 0.25) is 5.91 Å². The Morgan fingerprint density at radius 1 is 1.24 bits per heavy atom. The summed E-state index contributed by atoms with van der Waals surface area (Å²) in [5, 5.41) is 6.42. The van der Waals surface area contributed by atoms with Gasteiger partial charge in [0.05, 0.1) is 6.54 Å². The zero-order chi connectivity index (χ0) is 14.5. The Balaban J connectivity index is 0. The van der Waals surface area contributed by atoms with Crippen molar-refractivity contribution in [3.63, 3.8) is 0 Å². The zero-order valence-electron chi connectivity index (χ0n) is 14.1. The Hall–Kier alpha value is -0.0300. The third kappa shape index (κ3) is 11.2. The summed E-state index contributed by atoms with van der Waals surface area (Å²) in [5.74, 6) is 0.944. The number of carbonyl (C=O) groups is 1. The van der Waals surface area contributed by atoms with Crippen molar-refractivity contribution in [2.45, 2.75) is 46.1 Å². The van der Waals surface area contributed by atoms with Crippen LogP contribution in [0.15, 0.2) is 0 Å². The summed E-state index contributed by atoms with van der Waals surface area (Å²) in [6, 6.07) is 0.227. The van der Waals surface area contributed by atoms with E-state index < -0.39 is 0 Å². The van der Waals surface area contributed by atoms with Crippen molar-refractivity contribution in [2.75, 3.05) is 33.7 Å². The van der Waals surface area contributed by atoms with Crippen LogP contribution in [0, 0.1) is 11.3 Å². The SMILES string of the molecule is CN(C)CCC(NC(=O)CNCC1CC1)C(C)(C)C.Cl.Cl. The topological polar surface area (TPSA) is 44.4 Å². The molecule has 128 valence electrons. The van der Waals surface area contributed by atoms with Crippen LogP contribution >= 0.6 is 24.8 Å². The van der Waals surface area contributed by atoms with Gasteiger partial charge in [-0.25, -0.2) is 0 Å². The fourth-order valence-electron chi connectivity index (χ4n) is 2.07. The highest BCUT2D eigenvalue weighted by molar-refractivity contribution is 5.85. The normalized spacial score (nSPS) is 15.9. The van der Waals surface area contributed by atoms with Crippen molar-refractivity contribution in [2.24, 2.45) is 11.3 Å². The maximum Gasteiger partial charge on any atom is 0.234 e. The van der Waals surface area contributed by atoms with E-state index in [2.05, 4.69) is 50.4 Å². The summed E-state index contributed by atoms with van der Waals surface area (Å²) >= 11 is 0. The van der Waals surface area contributed by atoms with E-state index in [1.54, 1.807) is 0 Å². The van der Waals surface area contributed by atoms with Crippen molar-refractivity contribution >= 4 is 30.7 Å². The molecule has 1 aliphatic carbocycles. The Morgan fingerprint density at radius 3 is 2.24 bits per heavy atom. The Labute approximate surface area is 142 Å². The summed E-state index contributed by atoms with van der Waals surface area (Å²) < 4.78 is 0. The molecular weight excluding hydrogens is 309 g/mol. The first-order valence-electron chi connectivity index (χ1n) is 7.44. The van der Waals surface area contributed by atoms with Gasteiger partial charge in [0.1, 0.15) is 0 Å². The second-order valence-electron chi connectivity index (χ2n) is 7.15.